The third-order valence-electron chi connectivity index (χ3n) is 4.94. The van der Waals surface area contributed by atoms with Gasteiger partial charge < -0.3 is 14.8 Å². The fraction of sp³-hybridized carbons (Fsp3) is 0.381. The maximum absolute atomic E-state index is 12.7. The number of carbonyl (C=O) groups is 1. The number of anilines is 1. The first-order chi connectivity index (χ1) is 13.1. The summed E-state index contributed by atoms with van der Waals surface area (Å²) in [4.78, 5) is 15.1. The Hall–Kier alpha value is -2.24. The van der Waals surface area contributed by atoms with Crippen molar-refractivity contribution < 1.29 is 14.3 Å². The highest BCUT2D eigenvalue weighted by atomic mass is 35.5. The molecule has 0 spiro atoms. The topological polar surface area (TPSA) is 50.8 Å². The molecule has 5 nitrogen and oxygen atoms in total. The second kappa shape index (κ2) is 9.11. The summed E-state index contributed by atoms with van der Waals surface area (Å²) < 4.78 is 10.6. The Kier molecular flexibility index (Phi) is 6.58. The van der Waals surface area contributed by atoms with Crippen LogP contribution in [0.1, 0.15) is 18.4 Å². The Morgan fingerprint density at radius 1 is 1.11 bits per heavy atom. The van der Waals surface area contributed by atoms with Crippen molar-refractivity contribution in [2.75, 3.05) is 32.6 Å². The van der Waals surface area contributed by atoms with Gasteiger partial charge in [-0.25, -0.2) is 0 Å². The first-order valence-corrected chi connectivity index (χ1v) is 9.46. The molecule has 3 rings (SSSR count). The van der Waals surface area contributed by atoms with Crippen LogP contribution in [0.2, 0.25) is 5.02 Å². The number of nitrogens with zero attached hydrogens (tertiary/aromatic N) is 1. The van der Waals surface area contributed by atoms with Crippen molar-refractivity contribution in [2.24, 2.45) is 5.92 Å². The lowest BCUT2D eigenvalue weighted by Gasteiger charge is -2.31. The van der Waals surface area contributed by atoms with Crippen LogP contribution in [0.25, 0.3) is 0 Å². The molecule has 1 aliphatic rings. The quantitative estimate of drug-likeness (QED) is 0.805. The zero-order valence-corrected chi connectivity index (χ0v) is 16.5. The lowest BCUT2D eigenvalue weighted by Crippen LogP contribution is -2.37. The third-order valence-corrected chi connectivity index (χ3v) is 5.19. The fourth-order valence-electron chi connectivity index (χ4n) is 3.35. The normalized spacial score (nSPS) is 15.4. The van der Waals surface area contributed by atoms with E-state index in [0.717, 1.165) is 37.5 Å². The molecule has 0 aliphatic carbocycles. The summed E-state index contributed by atoms with van der Waals surface area (Å²) in [7, 11) is 3.19. The number of halogens is 1. The van der Waals surface area contributed by atoms with Crippen LogP contribution in [0.5, 0.6) is 11.5 Å². The van der Waals surface area contributed by atoms with Gasteiger partial charge in [-0.3, -0.25) is 9.69 Å². The van der Waals surface area contributed by atoms with Gasteiger partial charge in [-0.1, -0.05) is 23.7 Å². The number of benzene rings is 2. The highest BCUT2D eigenvalue weighted by Crippen LogP contribution is 2.30. The van der Waals surface area contributed by atoms with Crippen molar-refractivity contribution in [1.82, 2.24) is 4.90 Å². The molecule has 1 aliphatic heterocycles. The number of carbonyl (C=O) groups excluding carboxylic acids is 1. The SMILES string of the molecule is COc1ccc(OC)c(NC(=O)C2CCN(Cc3ccc(Cl)cc3)CC2)c1. The van der Waals surface area contributed by atoms with Crippen molar-refractivity contribution in [1.29, 1.82) is 0 Å². The maximum Gasteiger partial charge on any atom is 0.227 e. The zero-order valence-electron chi connectivity index (χ0n) is 15.7. The molecule has 0 radical (unpaired) electrons. The Morgan fingerprint density at radius 3 is 2.44 bits per heavy atom. The molecule has 1 N–H and O–H groups in total. The first-order valence-electron chi connectivity index (χ1n) is 9.08. The molecule has 27 heavy (non-hydrogen) atoms. The van der Waals surface area contributed by atoms with E-state index < -0.39 is 0 Å². The molecular formula is C21H25ClN2O3. The minimum Gasteiger partial charge on any atom is -0.497 e. The molecule has 1 amide bonds. The number of hydrogen-bond donors (Lipinski definition) is 1. The van der Waals surface area contributed by atoms with Crippen molar-refractivity contribution in [3.05, 3.63) is 53.1 Å². The Morgan fingerprint density at radius 2 is 1.81 bits per heavy atom. The standard InChI is InChI=1S/C21H25ClN2O3/c1-26-18-7-8-20(27-2)19(13-18)23-21(25)16-9-11-24(12-10-16)14-15-3-5-17(22)6-4-15/h3-8,13,16H,9-12,14H2,1-2H3,(H,23,25). The van der Waals surface area contributed by atoms with E-state index in [-0.39, 0.29) is 11.8 Å². The lowest BCUT2D eigenvalue weighted by atomic mass is 9.95. The fourth-order valence-corrected chi connectivity index (χ4v) is 3.47. The van der Waals surface area contributed by atoms with Crippen LogP contribution in [0.4, 0.5) is 5.69 Å². The van der Waals surface area contributed by atoms with Gasteiger partial charge in [0.15, 0.2) is 0 Å². The van der Waals surface area contributed by atoms with E-state index in [0.29, 0.717) is 17.2 Å². The Balaban J connectivity index is 1.55. The molecular weight excluding hydrogens is 364 g/mol. The monoisotopic (exact) mass is 388 g/mol. The molecule has 0 saturated carbocycles. The molecule has 2 aromatic carbocycles. The molecule has 0 bridgehead atoms. The summed E-state index contributed by atoms with van der Waals surface area (Å²) in [6, 6.07) is 13.3. The summed E-state index contributed by atoms with van der Waals surface area (Å²) in [5.41, 5.74) is 1.88. The number of methoxy groups -OCH3 is 2. The van der Waals surface area contributed by atoms with E-state index in [9.17, 15) is 4.79 Å². The molecule has 0 aromatic heterocycles. The molecule has 0 unspecified atom stereocenters. The second-order valence-electron chi connectivity index (χ2n) is 6.73. The van der Waals surface area contributed by atoms with Crippen molar-refractivity contribution in [3.8, 4) is 11.5 Å². The lowest BCUT2D eigenvalue weighted by molar-refractivity contribution is -0.121. The van der Waals surface area contributed by atoms with Crippen LogP contribution in [0.15, 0.2) is 42.5 Å². The van der Waals surface area contributed by atoms with Gasteiger partial charge in [-0.05, 0) is 55.8 Å². The van der Waals surface area contributed by atoms with Gasteiger partial charge in [0.25, 0.3) is 0 Å². The third kappa shape index (κ3) is 5.15. The van der Waals surface area contributed by atoms with Gasteiger partial charge in [0.1, 0.15) is 11.5 Å². The number of rotatable bonds is 6. The van der Waals surface area contributed by atoms with Crippen molar-refractivity contribution >= 4 is 23.2 Å². The summed E-state index contributed by atoms with van der Waals surface area (Å²) in [5, 5.41) is 3.75. The average Bonchev–Trinajstić information content (AvgIpc) is 2.70. The predicted molar refractivity (Wildman–Crippen MR) is 108 cm³/mol. The van der Waals surface area contributed by atoms with Crippen molar-refractivity contribution in [3.63, 3.8) is 0 Å². The number of amides is 1. The summed E-state index contributed by atoms with van der Waals surface area (Å²) in [5.74, 6) is 1.35. The average molecular weight is 389 g/mol. The van der Waals surface area contributed by atoms with Gasteiger partial charge >= 0.3 is 0 Å². The van der Waals surface area contributed by atoms with Gasteiger partial charge in [-0.15, -0.1) is 0 Å². The Labute approximate surface area is 165 Å². The van der Waals surface area contributed by atoms with Crippen LogP contribution in [-0.4, -0.2) is 38.1 Å². The van der Waals surface area contributed by atoms with Crippen LogP contribution < -0.4 is 14.8 Å². The smallest absolute Gasteiger partial charge is 0.227 e. The van der Waals surface area contributed by atoms with E-state index in [1.165, 1.54) is 5.56 Å². The van der Waals surface area contributed by atoms with Gasteiger partial charge in [0.05, 0.1) is 19.9 Å². The minimum atomic E-state index is 0.00220. The second-order valence-corrected chi connectivity index (χ2v) is 7.17. The van der Waals surface area contributed by atoms with E-state index in [1.807, 2.05) is 18.2 Å². The molecule has 2 aromatic rings. The van der Waals surface area contributed by atoms with E-state index in [4.69, 9.17) is 21.1 Å². The summed E-state index contributed by atoms with van der Waals surface area (Å²) in [6.45, 7) is 2.68. The highest BCUT2D eigenvalue weighted by molar-refractivity contribution is 6.30. The number of ether oxygens (including phenoxy) is 2. The largest absolute Gasteiger partial charge is 0.497 e. The zero-order chi connectivity index (χ0) is 19.2. The molecule has 144 valence electrons. The van der Waals surface area contributed by atoms with Gasteiger partial charge in [0, 0.05) is 23.6 Å². The number of likely N-dealkylation sites (tertiary alicyclic amines) is 1. The predicted octanol–water partition coefficient (Wildman–Crippen LogP) is 4.21. The number of piperidine rings is 1. The van der Waals surface area contributed by atoms with Crippen LogP contribution >= 0.6 is 11.6 Å². The molecule has 6 heteroatoms. The molecule has 1 heterocycles. The van der Waals surface area contributed by atoms with Crippen LogP contribution in [-0.2, 0) is 11.3 Å². The molecule has 0 atom stereocenters. The summed E-state index contributed by atoms with van der Waals surface area (Å²) in [6.07, 6.45) is 1.68. The van der Waals surface area contributed by atoms with Crippen LogP contribution in [0.3, 0.4) is 0 Å². The maximum atomic E-state index is 12.7. The molecule has 1 fully saturated rings. The van der Waals surface area contributed by atoms with E-state index >= 15 is 0 Å². The first kappa shape index (κ1) is 19.5. The number of nitrogens with one attached hydrogen (secondary N) is 1. The van der Waals surface area contributed by atoms with Gasteiger partial charge in [-0.2, -0.15) is 0 Å². The van der Waals surface area contributed by atoms with E-state index in [1.54, 1.807) is 26.4 Å². The van der Waals surface area contributed by atoms with Crippen molar-refractivity contribution in [2.45, 2.75) is 19.4 Å². The highest BCUT2D eigenvalue weighted by Gasteiger charge is 2.25. The van der Waals surface area contributed by atoms with E-state index in [2.05, 4.69) is 22.3 Å². The van der Waals surface area contributed by atoms with Gasteiger partial charge in [0.2, 0.25) is 5.91 Å². The van der Waals surface area contributed by atoms with Crippen LogP contribution in [0, 0.1) is 5.92 Å². The summed E-state index contributed by atoms with van der Waals surface area (Å²) >= 11 is 5.94. The Bertz CT molecular complexity index is 771. The molecule has 1 saturated heterocycles. The minimum absolute atomic E-state index is 0.00220. The number of hydrogen-bond acceptors (Lipinski definition) is 4.